The van der Waals surface area contributed by atoms with Gasteiger partial charge in [0.05, 0.1) is 101 Å². The number of methoxy groups -OCH3 is 4. The van der Waals surface area contributed by atoms with Crippen LogP contribution in [0.2, 0.25) is 15.1 Å². The van der Waals surface area contributed by atoms with E-state index in [-0.39, 0.29) is 38.2 Å². The number of likely N-dealkylation sites (N-methyl/N-ethyl adjacent to an activating group) is 1. The molecule has 5 aromatic heterocycles. The van der Waals surface area contributed by atoms with Gasteiger partial charge in [0, 0.05) is 109 Å². The van der Waals surface area contributed by atoms with Crippen LogP contribution in [0.1, 0.15) is 32.3 Å². The molecule has 744 valence electrons. The summed E-state index contributed by atoms with van der Waals surface area (Å²) in [4.78, 5) is 60.9. The van der Waals surface area contributed by atoms with E-state index < -0.39 is 64.3 Å². The highest BCUT2D eigenvalue weighted by Crippen LogP contribution is 2.45. The Kier molecular flexibility index (Phi) is 35.9. The fourth-order valence-electron chi connectivity index (χ4n) is 14.5. The lowest BCUT2D eigenvalue weighted by Crippen LogP contribution is -2.52. The molecule has 0 bridgehead atoms. The van der Waals surface area contributed by atoms with Gasteiger partial charge in [-0.1, -0.05) is 83.3 Å². The van der Waals surface area contributed by atoms with Crippen molar-refractivity contribution in [2.45, 2.75) is 54.3 Å². The standard InChI is InChI=1S/C30H41ClN7O2P.C23H22ClN6O3P.C22H26N5O6PS.C19H21ClN5O4PS/c1-36-15-17-38(18-16-36)23-11-13-37(14-12-23)24-9-10-26(27(19-24)40-2)34-30-33-21-25(31)29(35-30)32-20-22-7-5-6-8-28(22)41(3,4)39;1-32-19-12-15(33-21-10-11-25-14-27-21)8-9-17(19)29-23-26-13-16(24)22(30-23)28-18-6-4-5-7-20(18)34(2,3)31;1-14(2)35(31,32)20-9-7-6-8-17(20)24-21-18(27(28)29)13-23-22(26-21)25-16-11-10-15(34(4,5)30)12-19(16)33-3;1-29-17-10-13(30(2,3)26)6-9-16(17)24-19-22-11-15(20)18(25-19)23-12-4-7-14(8-5-12)31(21,27)28/h5-10,19,21,23H,11-18,20H2,1-4H3,(H2,32,33,34,35);4-14H,1-3H3,(H2,26,28,29,30);6-14H,1-5H3,(H2,23,24,25,26);4-11H,1-3H3,(H2,21,27,28)(H2,22,23,24,25). The largest absolute Gasteiger partial charge is 0.495 e. The minimum absolute atomic E-state index is 0.00163. The molecule has 141 heavy (non-hydrogen) atoms. The van der Waals surface area contributed by atoms with E-state index in [9.17, 15) is 45.2 Å². The number of benzene rings is 8. The first-order valence-corrected chi connectivity index (χ1v) is 58.4. The number of rotatable bonds is 33. The summed E-state index contributed by atoms with van der Waals surface area (Å²) < 4.78 is 126. The second-order valence-corrected chi connectivity index (χ2v) is 52.1. The van der Waals surface area contributed by atoms with Gasteiger partial charge < -0.3 is 94.3 Å². The Bertz CT molecular complexity index is 7090. The van der Waals surface area contributed by atoms with E-state index in [2.05, 4.69) is 126 Å². The van der Waals surface area contributed by atoms with Crippen LogP contribution in [0, 0.1) is 10.1 Å². The second-order valence-electron chi connectivity index (χ2n) is 34.0. The highest BCUT2D eigenvalue weighted by molar-refractivity contribution is 7.92. The van der Waals surface area contributed by atoms with Crippen LogP contribution in [0.5, 0.6) is 34.6 Å². The molecular formula is C94H110Cl3N23O15P4S2. The van der Waals surface area contributed by atoms with E-state index in [1.54, 1.807) is 179 Å². The van der Waals surface area contributed by atoms with Gasteiger partial charge in [-0.2, -0.15) is 19.9 Å². The van der Waals surface area contributed by atoms with Crippen LogP contribution < -0.4 is 97.5 Å². The number of para-hydroxylation sites is 2. The molecule has 15 rings (SSSR count). The number of sulfonamides is 1. The molecule has 2 saturated heterocycles. The van der Waals surface area contributed by atoms with Gasteiger partial charge >= 0.3 is 5.69 Å². The average Bonchev–Trinajstić information content (AvgIpc) is 0.795. The van der Waals surface area contributed by atoms with Gasteiger partial charge in [0.15, 0.2) is 27.3 Å². The molecule has 13 aromatic rings. The summed E-state index contributed by atoms with van der Waals surface area (Å²) >= 11 is 19.0. The van der Waals surface area contributed by atoms with Crippen molar-refractivity contribution >= 4 is 203 Å². The summed E-state index contributed by atoms with van der Waals surface area (Å²) in [6.45, 7) is 23.9. The molecule has 47 heteroatoms. The number of halogens is 3. The normalized spacial score (nSPS) is 13.3. The average molecular weight is 2100 g/mol. The number of nitrogens with one attached hydrogen (secondary N) is 8. The number of nitrogens with zero attached hydrogens (tertiary/aromatic N) is 14. The van der Waals surface area contributed by atoms with Crippen LogP contribution in [0.4, 0.5) is 98.3 Å². The van der Waals surface area contributed by atoms with E-state index in [1.807, 2.05) is 54.6 Å². The molecule has 2 aliphatic heterocycles. The molecule has 38 nitrogen and oxygen atoms in total. The zero-order valence-corrected chi connectivity index (χ0v) is 87.4. The van der Waals surface area contributed by atoms with Gasteiger partial charge in [0.1, 0.15) is 84.9 Å². The van der Waals surface area contributed by atoms with E-state index in [0.717, 1.165) is 60.4 Å². The van der Waals surface area contributed by atoms with E-state index in [4.69, 9.17) is 63.6 Å². The number of nitrogens with two attached hydrogens (primary N) is 1. The summed E-state index contributed by atoms with van der Waals surface area (Å²) in [5.41, 5.74) is 5.50. The van der Waals surface area contributed by atoms with Crippen LogP contribution in [0.3, 0.4) is 0 Å². The highest BCUT2D eigenvalue weighted by Gasteiger charge is 2.31. The van der Waals surface area contributed by atoms with Crippen LogP contribution in [0.25, 0.3) is 0 Å². The molecule has 2 aliphatic rings. The Morgan fingerprint density at radius 2 is 0.936 bits per heavy atom. The van der Waals surface area contributed by atoms with Gasteiger partial charge in [0.2, 0.25) is 45.5 Å². The molecule has 0 amide bonds. The van der Waals surface area contributed by atoms with E-state index in [1.165, 1.54) is 83.1 Å². The lowest BCUT2D eigenvalue weighted by atomic mass is 10.0. The third kappa shape index (κ3) is 29.3. The smallest absolute Gasteiger partial charge is 0.329 e. The minimum Gasteiger partial charge on any atom is -0.495 e. The molecule has 8 aromatic carbocycles. The quantitative estimate of drug-likeness (QED) is 0.0105. The topological polar surface area (TPSA) is 487 Å². The lowest BCUT2D eigenvalue weighted by Gasteiger charge is -2.42. The molecule has 0 aliphatic carbocycles. The molecule has 0 spiro atoms. The summed E-state index contributed by atoms with van der Waals surface area (Å²) in [6.07, 6.45) is 10.9. The zero-order chi connectivity index (χ0) is 102. The number of piperazine rings is 1. The number of primary sulfonamides is 1. The summed E-state index contributed by atoms with van der Waals surface area (Å²) in [6, 6.07) is 51.0. The molecule has 0 unspecified atom stereocenters. The fourth-order valence-corrected chi connectivity index (χ4v) is 20.8. The highest BCUT2D eigenvalue weighted by atomic mass is 35.5. The van der Waals surface area contributed by atoms with Crippen LogP contribution in [0.15, 0.2) is 223 Å². The first-order chi connectivity index (χ1) is 66.8. The minimum atomic E-state index is -3.78. The van der Waals surface area contributed by atoms with Crippen molar-refractivity contribution in [1.29, 1.82) is 0 Å². The Hall–Kier alpha value is -12.7. The van der Waals surface area contributed by atoms with Crippen LogP contribution in [-0.4, -0.2) is 221 Å². The summed E-state index contributed by atoms with van der Waals surface area (Å²) in [5, 5.41) is 44.6. The predicted octanol–water partition coefficient (Wildman–Crippen LogP) is 18.2. The van der Waals surface area contributed by atoms with Crippen molar-refractivity contribution in [3.8, 4) is 34.6 Å². The maximum Gasteiger partial charge on any atom is 0.329 e. The van der Waals surface area contributed by atoms with Crippen molar-refractivity contribution < 1.29 is 63.7 Å². The molecule has 0 radical (unpaired) electrons. The SMILES string of the molecule is COc1cc(N2CCC(N3CCN(C)CC3)CC2)ccc1Nc1ncc(Cl)c(NCc2ccccc2P(C)(C)=O)n1.COc1cc(Oc2ccncn2)ccc1Nc1ncc(Cl)c(Nc2ccccc2P(C)(C)=O)n1.COc1cc(P(C)(C)=O)ccc1Nc1ncc(Cl)c(Nc2ccc(S(N)(=O)=O)cc2)n1.COc1cc(P(C)(C)=O)ccc1Nc1ncc([N+](=O)[O-])c(Nc2ccccc2S(=O)(=O)C(C)C)n1. The fraction of sp³-hybridized carbons (Fsp3) is 0.277. The van der Waals surface area contributed by atoms with Crippen molar-refractivity contribution in [2.75, 3.05) is 176 Å². The van der Waals surface area contributed by atoms with Gasteiger partial charge in [-0.25, -0.2) is 51.9 Å². The number of aromatic nitrogens is 10. The Morgan fingerprint density at radius 3 is 1.44 bits per heavy atom. The molecule has 7 heterocycles. The van der Waals surface area contributed by atoms with Crippen LogP contribution >= 0.6 is 63.4 Å². The third-order valence-corrected chi connectivity index (χ3v) is 32.2. The van der Waals surface area contributed by atoms with E-state index in [0.29, 0.717) is 125 Å². The Labute approximate surface area is 834 Å². The van der Waals surface area contributed by atoms with Crippen molar-refractivity contribution in [3.05, 3.63) is 244 Å². The van der Waals surface area contributed by atoms with E-state index >= 15 is 0 Å². The summed E-state index contributed by atoms with van der Waals surface area (Å²) in [7, 11) is -8.95. The number of piperidine rings is 1. The number of sulfone groups is 1. The molecular weight excluding hydrogens is 1990 g/mol. The van der Waals surface area contributed by atoms with Crippen molar-refractivity contribution in [2.24, 2.45) is 5.14 Å². The number of nitro groups is 1. The van der Waals surface area contributed by atoms with Gasteiger partial charge in [0.25, 0.3) is 0 Å². The number of ether oxygens (including phenoxy) is 5. The Morgan fingerprint density at radius 1 is 0.482 bits per heavy atom. The van der Waals surface area contributed by atoms with Gasteiger partial charge in [-0.3, -0.25) is 15.0 Å². The van der Waals surface area contributed by atoms with Gasteiger partial charge in [-0.15, -0.1) is 0 Å². The maximum absolute atomic E-state index is 12.8. The molecule has 2 fully saturated rings. The lowest BCUT2D eigenvalue weighted by molar-refractivity contribution is -0.384. The zero-order valence-electron chi connectivity index (χ0n) is 79.9. The number of hydrogen-bond donors (Lipinski definition) is 9. The van der Waals surface area contributed by atoms with Crippen molar-refractivity contribution in [3.63, 3.8) is 0 Å². The molecule has 0 atom stereocenters. The summed E-state index contributed by atoms with van der Waals surface area (Å²) in [5.74, 6) is 5.02. The number of anilines is 16. The predicted molar refractivity (Wildman–Crippen MR) is 564 cm³/mol. The van der Waals surface area contributed by atoms with Crippen LogP contribution in [-0.2, 0) is 44.7 Å². The number of hydrogen-bond acceptors (Lipinski definition) is 36. The third-order valence-electron chi connectivity index (χ3n) is 22.1. The van der Waals surface area contributed by atoms with Crippen molar-refractivity contribution in [1.82, 2.24) is 59.6 Å². The Balaban J connectivity index is 0.000000169. The molecule has 0 saturated carbocycles. The first kappa shape index (κ1) is 107. The first-order valence-electron chi connectivity index (χ1n) is 43.8. The van der Waals surface area contributed by atoms with Gasteiger partial charge in [-0.05, 0) is 202 Å². The second kappa shape index (κ2) is 47.3. The molecule has 10 N–H and O–H groups in total. The maximum atomic E-state index is 12.8. The monoisotopic (exact) mass is 2090 g/mol.